The Hall–Kier alpha value is -2.49. The molecule has 1 aliphatic heterocycles. The molecule has 0 spiro atoms. The first-order valence-corrected chi connectivity index (χ1v) is 7.58. The van der Waals surface area contributed by atoms with Gasteiger partial charge < -0.3 is 10.1 Å². The summed E-state index contributed by atoms with van der Waals surface area (Å²) in [6.07, 6.45) is 0.888. The molecule has 22 heavy (non-hydrogen) atoms. The quantitative estimate of drug-likeness (QED) is 0.902. The number of ether oxygens (including phenoxy) is 1. The third kappa shape index (κ3) is 2.91. The summed E-state index contributed by atoms with van der Waals surface area (Å²) in [7, 11) is 0. The van der Waals surface area contributed by atoms with Crippen LogP contribution in [0.25, 0.3) is 0 Å². The van der Waals surface area contributed by atoms with Gasteiger partial charge in [-0.1, -0.05) is 31.2 Å². The van der Waals surface area contributed by atoms with Crippen LogP contribution in [0.15, 0.2) is 48.5 Å². The smallest absolute Gasteiger partial charge is 0.326 e. The number of anilines is 2. The number of aryl methyl sites for hydroxylation is 1. The Morgan fingerprint density at radius 1 is 1.27 bits per heavy atom. The lowest BCUT2D eigenvalue weighted by atomic mass is 10.1. The minimum absolute atomic E-state index is 0.0247. The standard InChI is InChI=1S/C18H20N2O2/c1-3-15-12-20(16-11-13(2)9-10-17(16)22-15)18(21)19-14-7-5-4-6-8-14/h4-11,15H,3,12H2,1-2H3,(H,19,21)/t15-/m1/s1. The lowest BCUT2D eigenvalue weighted by molar-refractivity contribution is 0.188. The predicted molar refractivity (Wildman–Crippen MR) is 88.7 cm³/mol. The van der Waals surface area contributed by atoms with E-state index in [-0.39, 0.29) is 12.1 Å². The number of nitrogens with one attached hydrogen (secondary N) is 1. The Balaban J connectivity index is 1.88. The van der Waals surface area contributed by atoms with Crippen LogP contribution in [0, 0.1) is 6.92 Å². The molecule has 0 saturated carbocycles. The number of para-hydroxylation sites is 1. The van der Waals surface area contributed by atoms with E-state index in [9.17, 15) is 4.79 Å². The van der Waals surface area contributed by atoms with E-state index < -0.39 is 0 Å². The third-order valence-electron chi connectivity index (χ3n) is 3.81. The topological polar surface area (TPSA) is 41.6 Å². The van der Waals surface area contributed by atoms with Gasteiger partial charge in [0, 0.05) is 5.69 Å². The lowest BCUT2D eigenvalue weighted by Gasteiger charge is -2.34. The summed E-state index contributed by atoms with van der Waals surface area (Å²) < 4.78 is 5.95. The van der Waals surface area contributed by atoms with Crippen LogP contribution >= 0.6 is 0 Å². The number of fused-ring (bicyclic) bond motifs is 1. The molecular formula is C18H20N2O2. The molecule has 0 fully saturated rings. The Kier molecular flexibility index (Phi) is 4.00. The second-order valence-electron chi connectivity index (χ2n) is 5.53. The van der Waals surface area contributed by atoms with Gasteiger partial charge in [-0.3, -0.25) is 4.90 Å². The van der Waals surface area contributed by atoms with Crippen molar-refractivity contribution in [1.29, 1.82) is 0 Å². The van der Waals surface area contributed by atoms with Crippen LogP contribution in [-0.2, 0) is 0 Å². The van der Waals surface area contributed by atoms with Crippen LogP contribution in [0.4, 0.5) is 16.2 Å². The molecule has 3 rings (SSSR count). The fraction of sp³-hybridized carbons (Fsp3) is 0.278. The third-order valence-corrected chi connectivity index (χ3v) is 3.81. The summed E-state index contributed by atoms with van der Waals surface area (Å²) in [6, 6.07) is 15.3. The minimum Gasteiger partial charge on any atom is -0.486 e. The largest absolute Gasteiger partial charge is 0.486 e. The molecule has 0 unspecified atom stereocenters. The molecule has 0 bridgehead atoms. The van der Waals surface area contributed by atoms with Crippen LogP contribution in [-0.4, -0.2) is 18.7 Å². The van der Waals surface area contributed by atoms with Crippen molar-refractivity contribution in [2.45, 2.75) is 26.4 Å². The van der Waals surface area contributed by atoms with Gasteiger partial charge in [-0.15, -0.1) is 0 Å². The SMILES string of the molecule is CC[C@@H]1CN(C(=O)Nc2ccccc2)c2cc(C)ccc2O1. The van der Waals surface area contributed by atoms with E-state index in [2.05, 4.69) is 12.2 Å². The minimum atomic E-state index is -0.125. The van der Waals surface area contributed by atoms with E-state index in [1.807, 2.05) is 55.5 Å². The summed E-state index contributed by atoms with van der Waals surface area (Å²) in [5.41, 5.74) is 2.73. The van der Waals surface area contributed by atoms with Crippen molar-refractivity contribution in [3.05, 3.63) is 54.1 Å². The highest BCUT2D eigenvalue weighted by Crippen LogP contribution is 2.35. The van der Waals surface area contributed by atoms with Crippen molar-refractivity contribution in [2.24, 2.45) is 0 Å². The average Bonchev–Trinajstić information content (AvgIpc) is 2.54. The lowest BCUT2D eigenvalue weighted by Crippen LogP contribution is -2.45. The zero-order valence-corrected chi connectivity index (χ0v) is 12.9. The van der Waals surface area contributed by atoms with Crippen LogP contribution in [0.1, 0.15) is 18.9 Å². The molecule has 0 radical (unpaired) electrons. The maximum absolute atomic E-state index is 12.7. The van der Waals surface area contributed by atoms with Crippen molar-refractivity contribution in [2.75, 3.05) is 16.8 Å². The highest BCUT2D eigenvalue weighted by molar-refractivity contribution is 6.03. The number of urea groups is 1. The molecule has 2 aromatic rings. The summed E-state index contributed by atoms with van der Waals surface area (Å²) >= 11 is 0. The van der Waals surface area contributed by atoms with E-state index in [1.165, 1.54) is 0 Å². The van der Waals surface area contributed by atoms with Crippen molar-refractivity contribution >= 4 is 17.4 Å². The van der Waals surface area contributed by atoms with Gasteiger partial charge in [0.1, 0.15) is 11.9 Å². The molecule has 1 heterocycles. The normalized spacial score (nSPS) is 16.6. The number of nitrogens with zero attached hydrogens (tertiary/aromatic N) is 1. The number of hydrogen-bond acceptors (Lipinski definition) is 2. The van der Waals surface area contributed by atoms with Gasteiger partial charge in [-0.25, -0.2) is 4.79 Å². The Labute approximate surface area is 130 Å². The first-order chi connectivity index (χ1) is 10.7. The number of amides is 2. The molecule has 114 valence electrons. The zero-order chi connectivity index (χ0) is 15.5. The van der Waals surface area contributed by atoms with Gasteiger partial charge in [0.05, 0.1) is 12.2 Å². The van der Waals surface area contributed by atoms with Gasteiger partial charge in [-0.05, 0) is 43.2 Å². The van der Waals surface area contributed by atoms with Gasteiger partial charge >= 0.3 is 6.03 Å². The Bertz CT molecular complexity index is 670. The fourth-order valence-corrected chi connectivity index (χ4v) is 2.57. The molecule has 4 nitrogen and oxygen atoms in total. The molecule has 1 N–H and O–H groups in total. The fourth-order valence-electron chi connectivity index (χ4n) is 2.57. The molecule has 4 heteroatoms. The van der Waals surface area contributed by atoms with E-state index in [0.29, 0.717) is 6.54 Å². The summed E-state index contributed by atoms with van der Waals surface area (Å²) in [4.78, 5) is 14.4. The number of carbonyl (C=O) groups is 1. The van der Waals surface area contributed by atoms with Gasteiger partial charge in [0.25, 0.3) is 0 Å². The zero-order valence-electron chi connectivity index (χ0n) is 12.9. The van der Waals surface area contributed by atoms with Crippen LogP contribution in [0.2, 0.25) is 0 Å². The van der Waals surface area contributed by atoms with E-state index >= 15 is 0 Å². The van der Waals surface area contributed by atoms with Gasteiger partial charge in [-0.2, -0.15) is 0 Å². The Morgan fingerprint density at radius 3 is 2.77 bits per heavy atom. The first kappa shape index (κ1) is 14.4. The Morgan fingerprint density at radius 2 is 2.05 bits per heavy atom. The highest BCUT2D eigenvalue weighted by atomic mass is 16.5. The number of hydrogen-bond donors (Lipinski definition) is 1. The number of carbonyl (C=O) groups excluding carboxylic acids is 1. The predicted octanol–water partition coefficient (Wildman–Crippen LogP) is 4.20. The van der Waals surface area contributed by atoms with Crippen LogP contribution in [0.5, 0.6) is 5.75 Å². The number of rotatable bonds is 2. The van der Waals surface area contributed by atoms with Crippen molar-refractivity contribution in [3.8, 4) is 5.75 Å². The molecule has 2 amide bonds. The number of benzene rings is 2. The van der Waals surface area contributed by atoms with E-state index in [0.717, 1.165) is 29.1 Å². The second kappa shape index (κ2) is 6.10. The maximum atomic E-state index is 12.7. The highest BCUT2D eigenvalue weighted by Gasteiger charge is 2.29. The monoisotopic (exact) mass is 296 g/mol. The maximum Gasteiger partial charge on any atom is 0.326 e. The van der Waals surface area contributed by atoms with Gasteiger partial charge in [0.15, 0.2) is 0 Å². The molecule has 0 saturated heterocycles. The van der Waals surface area contributed by atoms with Gasteiger partial charge in [0.2, 0.25) is 0 Å². The molecule has 1 aliphatic rings. The summed E-state index contributed by atoms with van der Waals surface area (Å²) in [5, 5.41) is 2.95. The molecule has 0 aliphatic carbocycles. The first-order valence-electron chi connectivity index (χ1n) is 7.58. The van der Waals surface area contributed by atoms with Crippen LogP contribution in [0.3, 0.4) is 0 Å². The summed E-state index contributed by atoms with van der Waals surface area (Å²) in [6.45, 7) is 4.64. The molecular weight excluding hydrogens is 276 g/mol. The summed E-state index contributed by atoms with van der Waals surface area (Å²) in [5.74, 6) is 0.770. The second-order valence-corrected chi connectivity index (χ2v) is 5.53. The van der Waals surface area contributed by atoms with Crippen molar-refractivity contribution in [1.82, 2.24) is 0 Å². The van der Waals surface area contributed by atoms with Crippen molar-refractivity contribution in [3.63, 3.8) is 0 Å². The van der Waals surface area contributed by atoms with E-state index in [4.69, 9.17) is 4.74 Å². The van der Waals surface area contributed by atoms with E-state index in [1.54, 1.807) is 4.90 Å². The van der Waals surface area contributed by atoms with Crippen molar-refractivity contribution < 1.29 is 9.53 Å². The molecule has 1 atom stereocenters. The molecule has 2 aromatic carbocycles. The molecule has 0 aromatic heterocycles. The average molecular weight is 296 g/mol. The van der Waals surface area contributed by atoms with Crippen LogP contribution < -0.4 is 15.0 Å².